The molecule has 0 aliphatic heterocycles. The number of thioether (sulfide) groups is 1. The van der Waals surface area contributed by atoms with Crippen LogP contribution in [0.3, 0.4) is 0 Å². The Hall–Kier alpha value is -3.64. The van der Waals surface area contributed by atoms with Crippen LogP contribution in [-0.4, -0.2) is 21.4 Å². The minimum Gasteiger partial charge on any atom is -0.320 e. The van der Waals surface area contributed by atoms with Gasteiger partial charge in [0.1, 0.15) is 0 Å². The van der Waals surface area contributed by atoms with E-state index in [1.165, 1.54) is 4.68 Å². The Morgan fingerprint density at radius 1 is 0.967 bits per heavy atom. The second kappa shape index (κ2) is 8.80. The molecule has 0 radical (unpaired) electrons. The van der Waals surface area contributed by atoms with Crippen molar-refractivity contribution in [2.24, 2.45) is 0 Å². The molecule has 6 heteroatoms. The second-order valence-corrected chi connectivity index (χ2v) is 7.56. The van der Waals surface area contributed by atoms with Crippen molar-refractivity contribution >= 4 is 34.1 Å². The first-order chi connectivity index (χ1) is 14.7. The summed E-state index contributed by atoms with van der Waals surface area (Å²) in [5.41, 5.74) is 1.22. The molecule has 4 aromatic rings. The summed E-state index contributed by atoms with van der Waals surface area (Å²) in [7, 11) is 0. The number of rotatable bonds is 6. The molecule has 0 saturated heterocycles. The molecule has 0 unspecified atom stereocenters. The molecule has 0 spiro atoms. The van der Waals surface area contributed by atoms with Gasteiger partial charge in [0.15, 0.2) is 5.69 Å². The Bertz CT molecular complexity index is 1280. The van der Waals surface area contributed by atoms with E-state index in [1.54, 1.807) is 48.2 Å². The van der Waals surface area contributed by atoms with Crippen molar-refractivity contribution in [1.29, 1.82) is 0 Å². The third-order valence-electron chi connectivity index (χ3n) is 4.51. The van der Waals surface area contributed by atoms with Gasteiger partial charge in [-0.3, -0.25) is 9.59 Å². The lowest BCUT2D eigenvalue weighted by Gasteiger charge is -2.13. The van der Waals surface area contributed by atoms with Crippen LogP contribution in [0, 0.1) is 0 Å². The highest BCUT2D eigenvalue weighted by molar-refractivity contribution is 7.99. The number of aromatic nitrogens is 2. The molecule has 1 heterocycles. The molecule has 3 aromatic carbocycles. The van der Waals surface area contributed by atoms with Gasteiger partial charge in [-0.25, -0.2) is 0 Å². The zero-order chi connectivity index (χ0) is 20.9. The van der Waals surface area contributed by atoms with E-state index in [0.29, 0.717) is 22.1 Å². The SMILES string of the molecule is C=CCSc1ccccc1NC(=O)c1nn(-c2ccccc2)c(=O)c2ccccc12. The summed E-state index contributed by atoms with van der Waals surface area (Å²) in [5, 5.41) is 8.34. The van der Waals surface area contributed by atoms with Gasteiger partial charge in [0.05, 0.1) is 16.8 Å². The molecule has 5 nitrogen and oxygen atoms in total. The fraction of sp³-hybridized carbons (Fsp3) is 0.0417. The summed E-state index contributed by atoms with van der Waals surface area (Å²) in [4.78, 5) is 27.2. The number of nitrogens with zero attached hydrogens (tertiary/aromatic N) is 2. The van der Waals surface area contributed by atoms with Crippen LogP contribution in [0.25, 0.3) is 16.5 Å². The normalized spacial score (nSPS) is 10.7. The molecule has 0 saturated carbocycles. The first-order valence-corrected chi connectivity index (χ1v) is 10.4. The molecule has 0 bridgehead atoms. The Morgan fingerprint density at radius 3 is 2.40 bits per heavy atom. The van der Waals surface area contributed by atoms with Crippen LogP contribution >= 0.6 is 11.8 Å². The standard InChI is InChI=1S/C24H19N3O2S/c1-2-16-30-21-15-9-8-14-20(21)25-23(28)22-18-12-6-7-13-19(18)24(29)27(26-22)17-10-4-3-5-11-17/h2-15H,1,16H2,(H,25,28). The molecular formula is C24H19N3O2S. The van der Waals surface area contributed by atoms with Gasteiger partial charge in [-0.05, 0) is 30.3 Å². The third kappa shape index (κ3) is 3.90. The number of carbonyl (C=O) groups excluding carboxylic acids is 1. The fourth-order valence-corrected chi connectivity index (χ4v) is 3.87. The maximum absolute atomic E-state index is 13.2. The van der Waals surface area contributed by atoms with Gasteiger partial charge in [-0.2, -0.15) is 9.78 Å². The second-order valence-electron chi connectivity index (χ2n) is 6.50. The minimum absolute atomic E-state index is 0.192. The lowest BCUT2D eigenvalue weighted by atomic mass is 10.1. The highest BCUT2D eigenvalue weighted by atomic mass is 32.2. The number of hydrogen-bond donors (Lipinski definition) is 1. The predicted octanol–water partition coefficient (Wildman–Crippen LogP) is 4.92. The third-order valence-corrected chi connectivity index (χ3v) is 5.58. The number of nitrogens with one attached hydrogen (secondary N) is 1. The quantitative estimate of drug-likeness (QED) is 0.360. The predicted molar refractivity (Wildman–Crippen MR) is 123 cm³/mol. The van der Waals surface area contributed by atoms with Gasteiger partial charge in [-0.1, -0.05) is 54.6 Å². The van der Waals surface area contributed by atoms with Crippen LogP contribution in [0.4, 0.5) is 5.69 Å². The molecule has 1 N–H and O–H groups in total. The van der Waals surface area contributed by atoms with Crippen LogP contribution in [0.15, 0.2) is 101 Å². The van der Waals surface area contributed by atoms with Gasteiger partial charge in [-0.15, -0.1) is 18.3 Å². The minimum atomic E-state index is -0.373. The highest BCUT2D eigenvalue weighted by Gasteiger charge is 2.18. The maximum atomic E-state index is 13.2. The number of carbonyl (C=O) groups is 1. The average molecular weight is 414 g/mol. The summed E-state index contributed by atoms with van der Waals surface area (Å²) in [6, 6.07) is 23.7. The van der Waals surface area contributed by atoms with E-state index in [9.17, 15) is 9.59 Å². The van der Waals surface area contributed by atoms with Crippen molar-refractivity contribution in [1.82, 2.24) is 9.78 Å². The summed E-state index contributed by atoms with van der Waals surface area (Å²) in [6.07, 6.45) is 1.81. The van der Waals surface area contributed by atoms with Crippen LogP contribution in [0.5, 0.6) is 0 Å². The number of anilines is 1. The van der Waals surface area contributed by atoms with Crippen LogP contribution in [0.2, 0.25) is 0 Å². The van der Waals surface area contributed by atoms with Crippen molar-refractivity contribution in [2.45, 2.75) is 4.90 Å². The van der Waals surface area contributed by atoms with Crippen molar-refractivity contribution in [3.8, 4) is 5.69 Å². The smallest absolute Gasteiger partial charge is 0.279 e. The van der Waals surface area contributed by atoms with Gasteiger partial charge in [0.25, 0.3) is 11.5 Å². The molecule has 0 fully saturated rings. The number of fused-ring (bicyclic) bond motifs is 1. The van der Waals surface area contributed by atoms with E-state index in [1.807, 2.05) is 48.5 Å². The molecule has 0 aliphatic carbocycles. The lowest BCUT2D eigenvalue weighted by molar-refractivity contribution is 0.102. The molecule has 30 heavy (non-hydrogen) atoms. The summed E-state index contributed by atoms with van der Waals surface area (Å²) in [5.74, 6) is 0.356. The van der Waals surface area contributed by atoms with Crippen LogP contribution in [-0.2, 0) is 0 Å². The zero-order valence-corrected chi connectivity index (χ0v) is 16.9. The van der Waals surface area contributed by atoms with E-state index in [0.717, 1.165) is 10.6 Å². The molecule has 4 rings (SSSR count). The molecule has 1 aromatic heterocycles. The Morgan fingerprint density at radius 2 is 1.63 bits per heavy atom. The van der Waals surface area contributed by atoms with Crippen molar-refractivity contribution in [3.63, 3.8) is 0 Å². The van der Waals surface area contributed by atoms with Gasteiger partial charge in [0, 0.05) is 16.0 Å². The van der Waals surface area contributed by atoms with Crippen LogP contribution < -0.4 is 10.9 Å². The molecular weight excluding hydrogens is 394 g/mol. The largest absolute Gasteiger partial charge is 0.320 e. The first kappa shape index (κ1) is 19.7. The number of para-hydroxylation sites is 2. The summed E-state index contributed by atoms with van der Waals surface area (Å²) >= 11 is 1.58. The molecule has 1 amide bonds. The topological polar surface area (TPSA) is 64.0 Å². The van der Waals surface area contributed by atoms with E-state index in [2.05, 4.69) is 17.0 Å². The van der Waals surface area contributed by atoms with Crippen molar-refractivity contribution in [3.05, 3.63) is 108 Å². The number of benzene rings is 3. The maximum Gasteiger partial charge on any atom is 0.279 e. The van der Waals surface area contributed by atoms with E-state index in [4.69, 9.17) is 0 Å². The van der Waals surface area contributed by atoms with Gasteiger partial charge in [0.2, 0.25) is 0 Å². The monoisotopic (exact) mass is 413 g/mol. The summed E-state index contributed by atoms with van der Waals surface area (Å²) < 4.78 is 1.27. The first-order valence-electron chi connectivity index (χ1n) is 9.40. The van der Waals surface area contributed by atoms with Gasteiger partial charge < -0.3 is 5.32 Å². The van der Waals surface area contributed by atoms with E-state index >= 15 is 0 Å². The highest BCUT2D eigenvalue weighted by Crippen LogP contribution is 2.27. The number of hydrogen-bond acceptors (Lipinski definition) is 4. The average Bonchev–Trinajstić information content (AvgIpc) is 2.79. The van der Waals surface area contributed by atoms with Gasteiger partial charge >= 0.3 is 0 Å². The molecule has 0 aliphatic rings. The fourth-order valence-electron chi connectivity index (χ4n) is 3.13. The van der Waals surface area contributed by atoms with Crippen molar-refractivity contribution < 1.29 is 4.79 Å². The van der Waals surface area contributed by atoms with E-state index in [-0.39, 0.29) is 17.2 Å². The van der Waals surface area contributed by atoms with Crippen LogP contribution in [0.1, 0.15) is 10.5 Å². The Balaban J connectivity index is 1.81. The summed E-state index contributed by atoms with van der Waals surface area (Å²) in [6.45, 7) is 3.74. The molecule has 148 valence electrons. The number of amides is 1. The molecule has 0 atom stereocenters. The lowest BCUT2D eigenvalue weighted by Crippen LogP contribution is -2.26. The Labute approximate surface area is 178 Å². The zero-order valence-electron chi connectivity index (χ0n) is 16.1. The van der Waals surface area contributed by atoms with Crippen molar-refractivity contribution in [2.75, 3.05) is 11.1 Å². The van der Waals surface area contributed by atoms with E-state index < -0.39 is 0 Å². The Kier molecular flexibility index (Phi) is 5.77.